The van der Waals surface area contributed by atoms with Crippen molar-refractivity contribution in [2.75, 3.05) is 6.61 Å². The highest BCUT2D eigenvalue weighted by Gasteiger charge is 2.17. The topological polar surface area (TPSA) is 63.8 Å². The number of hydrogen-bond donors (Lipinski definition) is 1. The second-order valence-electron chi connectivity index (χ2n) is 6.03. The molecule has 3 aromatic rings. The maximum atomic E-state index is 12.3. The predicted octanol–water partition coefficient (Wildman–Crippen LogP) is 5.37. The van der Waals surface area contributed by atoms with E-state index in [1.54, 1.807) is 36.6 Å². The van der Waals surface area contributed by atoms with Crippen molar-refractivity contribution in [2.45, 2.75) is 6.54 Å². The second-order valence-corrected chi connectivity index (χ2v) is 8.37. The standard InChI is InChI=1S/C20H14BrClN2O3S/c21-13-1-6-17-16(10-13)12(11-23-17)9-18-19(25)24(20(26)28-18)7-8-27-15-4-2-14(22)3-5-15/h1-6,9-11,25H,7-8H2/b12-9-. The van der Waals surface area contributed by atoms with Crippen LogP contribution >= 0.6 is 38.9 Å². The lowest BCUT2D eigenvalue weighted by atomic mass is 10.1. The van der Waals surface area contributed by atoms with Gasteiger partial charge in [-0.3, -0.25) is 14.4 Å². The van der Waals surface area contributed by atoms with Gasteiger partial charge in [-0.25, -0.2) is 0 Å². The Morgan fingerprint density at radius 3 is 2.82 bits per heavy atom. The Bertz CT molecular complexity index is 1150. The summed E-state index contributed by atoms with van der Waals surface area (Å²) in [5.74, 6) is 0.581. The molecule has 28 heavy (non-hydrogen) atoms. The Kier molecular flexibility index (Phi) is 5.39. The number of benzene rings is 2. The summed E-state index contributed by atoms with van der Waals surface area (Å²) in [6.07, 6.45) is 3.51. The Labute approximate surface area is 178 Å². The first-order valence-electron chi connectivity index (χ1n) is 8.38. The third-order valence-electron chi connectivity index (χ3n) is 4.19. The Balaban J connectivity index is 1.52. The van der Waals surface area contributed by atoms with Crippen LogP contribution in [0.25, 0.3) is 11.6 Å². The maximum Gasteiger partial charge on any atom is 0.310 e. The van der Waals surface area contributed by atoms with Crippen LogP contribution in [0.5, 0.6) is 11.6 Å². The van der Waals surface area contributed by atoms with Gasteiger partial charge in [0.1, 0.15) is 12.4 Å². The molecule has 0 spiro atoms. The van der Waals surface area contributed by atoms with Gasteiger partial charge in [-0.2, -0.15) is 0 Å². The summed E-state index contributed by atoms with van der Waals surface area (Å²) in [4.78, 5) is 16.9. The van der Waals surface area contributed by atoms with Crippen molar-refractivity contribution >= 4 is 62.4 Å². The van der Waals surface area contributed by atoms with E-state index < -0.39 is 0 Å². The number of ether oxygens (including phenoxy) is 1. The minimum absolute atomic E-state index is 0.0703. The molecule has 0 fully saturated rings. The number of thiazole rings is 1. The lowest BCUT2D eigenvalue weighted by Gasteiger charge is -2.07. The van der Waals surface area contributed by atoms with E-state index in [1.807, 2.05) is 18.2 Å². The van der Waals surface area contributed by atoms with Gasteiger partial charge in [-0.05, 0) is 48.5 Å². The highest BCUT2D eigenvalue weighted by molar-refractivity contribution is 9.10. The fourth-order valence-corrected chi connectivity index (χ4v) is 4.16. The number of rotatable bonds is 5. The van der Waals surface area contributed by atoms with Crippen LogP contribution in [-0.4, -0.2) is 22.5 Å². The molecule has 142 valence electrons. The van der Waals surface area contributed by atoms with E-state index >= 15 is 0 Å². The second kappa shape index (κ2) is 7.95. The largest absolute Gasteiger partial charge is 0.493 e. The predicted molar refractivity (Wildman–Crippen MR) is 117 cm³/mol. The molecule has 0 atom stereocenters. The number of hydrogen-bond acceptors (Lipinski definition) is 5. The molecule has 0 saturated carbocycles. The van der Waals surface area contributed by atoms with Crippen LogP contribution < -0.4 is 9.61 Å². The number of aromatic nitrogens is 1. The molecule has 2 heterocycles. The molecule has 1 aromatic heterocycles. The summed E-state index contributed by atoms with van der Waals surface area (Å²) in [5.41, 5.74) is 2.65. The molecule has 0 saturated heterocycles. The molecular formula is C20H14BrClN2O3S. The molecular weight excluding hydrogens is 464 g/mol. The zero-order valence-electron chi connectivity index (χ0n) is 14.4. The van der Waals surface area contributed by atoms with E-state index in [2.05, 4.69) is 20.9 Å². The van der Waals surface area contributed by atoms with Crippen LogP contribution in [0.1, 0.15) is 10.4 Å². The van der Waals surface area contributed by atoms with Gasteiger partial charge >= 0.3 is 4.87 Å². The molecule has 0 radical (unpaired) electrons. The molecule has 0 unspecified atom stereocenters. The number of nitrogens with zero attached hydrogens (tertiary/aromatic N) is 2. The van der Waals surface area contributed by atoms with Crippen molar-refractivity contribution in [1.29, 1.82) is 0 Å². The average Bonchev–Trinajstić information content (AvgIpc) is 3.19. The average molecular weight is 478 g/mol. The van der Waals surface area contributed by atoms with E-state index in [1.165, 1.54) is 4.57 Å². The van der Waals surface area contributed by atoms with Gasteiger partial charge < -0.3 is 9.84 Å². The molecule has 1 aliphatic rings. The highest BCUT2D eigenvalue weighted by atomic mass is 79.9. The number of allylic oxidation sites excluding steroid dienone is 1. The van der Waals surface area contributed by atoms with Crippen molar-refractivity contribution in [1.82, 2.24) is 4.57 Å². The third-order valence-corrected chi connectivity index (χ3v) is 5.85. The van der Waals surface area contributed by atoms with Gasteiger partial charge in [-0.15, -0.1) is 0 Å². The zero-order chi connectivity index (χ0) is 19.7. The van der Waals surface area contributed by atoms with Crippen LogP contribution in [0.3, 0.4) is 0 Å². The molecule has 1 aliphatic heterocycles. The molecule has 4 rings (SSSR count). The number of aromatic hydroxyl groups is 1. The molecule has 2 aromatic carbocycles. The fraction of sp³-hybridized carbons (Fsp3) is 0.100. The molecule has 8 heteroatoms. The van der Waals surface area contributed by atoms with Crippen molar-refractivity contribution in [3.05, 3.63) is 72.1 Å². The van der Waals surface area contributed by atoms with Crippen LogP contribution in [0.15, 0.2) is 56.7 Å². The van der Waals surface area contributed by atoms with Gasteiger partial charge in [0.25, 0.3) is 0 Å². The van der Waals surface area contributed by atoms with E-state index in [0.717, 1.165) is 32.6 Å². The SMILES string of the molecule is O=c1sc(/C=C2/C=Nc3ccc(Br)cc32)c(O)n1CCOc1ccc(Cl)cc1. The summed E-state index contributed by atoms with van der Waals surface area (Å²) in [7, 11) is 0. The molecule has 1 N–H and O–H groups in total. The summed E-state index contributed by atoms with van der Waals surface area (Å²) in [6, 6.07) is 12.8. The number of halogens is 2. The molecule has 0 bridgehead atoms. The van der Waals surface area contributed by atoms with Crippen molar-refractivity contribution in [3.8, 4) is 11.6 Å². The van der Waals surface area contributed by atoms with Crippen LogP contribution in [0.2, 0.25) is 5.02 Å². The molecule has 5 nitrogen and oxygen atoms in total. The van der Waals surface area contributed by atoms with Gasteiger partial charge in [-0.1, -0.05) is 38.9 Å². The maximum absolute atomic E-state index is 12.3. The highest BCUT2D eigenvalue weighted by Crippen LogP contribution is 2.36. The number of aliphatic imine (C=N–C) groups is 1. The van der Waals surface area contributed by atoms with E-state index in [9.17, 15) is 9.90 Å². The first-order chi connectivity index (χ1) is 13.5. The van der Waals surface area contributed by atoms with E-state index in [4.69, 9.17) is 16.3 Å². The molecule has 0 aliphatic carbocycles. The van der Waals surface area contributed by atoms with E-state index in [0.29, 0.717) is 15.6 Å². The normalized spacial score (nSPS) is 13.9. The van der Waals surface area contributed by atoms with E-state index in [-0.39, 0.29) is 23.9 Å². The summed E-state index contributed by atoms with van der Waals surface area (Å²) < 4.78 is 7.86. The zero-order valence-corrected chi connectivity index (χ0v) is 17.6. The van der Waals surface area contributed by atoms with Crippen LogP contribution in [0, 0.1) is 0 Å². The monoisotopic (exact) mass is 476 g/mol. The summed E-state index contributed by atoms with van der Waals surface area (Å²) in [5, 5.41) is 11.1. The van der Waals surface area contributed by atoms with Crippen molar-refractivity contribution < 1.29 is 9.84 Å². The van der Waals surface area contributed by atoms with Gasteiger partial charge in [0.05, 0.1) is 17.1 Å². The van der Waals surface area contributed by atoms with Crippen molar-refractivity contribution in [2.24, 2.45) is 4.99 Å². The number of fused-ring (bicyclic) bond motifs is 1. The Morgan fingerprint density at radius 1 is 1.25 bits per heavy atom. The van der Waals surface area contributed by atoms with Crippen molar-refractivity contribution in [3.63, 3.8) is 0 Å². The minimum Gasteiger partial charge on any atom is -0.493 e. The minimum atomic E-state index is -0.242. The smallest absolute Gasteiger partial charge is 0.310 e. The quantitative estimate of drug-likeness (QED) is 0.537. The molecule has 0 amide bonds. The first kappa shape index (κ1) is 19.0. The third kappa shape index (κ3) is 3.92. The summed E-state index contributed by atoms with van der Waals surface area (Å²) >= 11 is 10.3. The Hall–Kier alpha value is -2.35. The first-order valence-corrected chi connectivity index (χ1v) is 10.4. The van der Waals surface area contributed by atoms with Gasteiger partial charge in [0.15, 0.2) is 0 Å². The van der Waals surface area contributed by atoms with Gasteiger partial charge in [0.2, 0.25) is 5.88 Å². The fourth-order valence-electron chi connectivity index (χ4n) is 2.81. The lowest BCUT2D eigenvalue weighted by Crippen LogP contribution is -2.17. The van der Waals surface area contributed by atoms with Gasteiger partial charge in [0, 0.05) is 26.8 Å². The summed E-state index contributed by atoms with van der Waals surface area (Å²) in [6.45, 7) is 0.488. The lowest BCUT2D eigenvalue weighted by molar-refractivity contribution is 0.286. The Morgan fingerprint density at radius 2 is 2.04 bits per heavy atom. The van der Waals surface area contributed by atoms with Crippen LogP contribution in [0.4, 0.5) is 5.69 Å². The van der Waals surface area contributed by atoms with Crippen LogP contribution in [-0.2, 0) is 6.54 Å².